The van der Waals surface area contributed by atoms with Crippen LogP contribution in [0.25, 0.3) is 0 Å². The van der Waals surface area contributed by atoms with Gasteiger partial charge in [-0.1, -0.05) is 18.2 Å². The van der Waals surface area contributed by atoms with Crippen LogP contribution < -0.4 is 5.32 Å². The summed E-state index contributed by atoms with van der Waals surface area (Å²) in [5.74, 6) is 0.143. The lowest BCUT2D eigenvalue weighted by atomic mass is 9.89. The fourth-order valence-electron chi connectivity index (χ4n) is 3.86. The molecule has 168 valence electrons. The number of hydrogen-bond donors (Lipinski definition) is 1. The van der Waals surface area contributed by atoms with Gasteiger partial charge >= 0.3 is 0 Å². The van der Waals surface area contributed by atoms with Gasteiger partial charge in [0, 0.05) is 19.8 Å². The van der Waals surface area contributed by atoms with E-state index in [2.05, 4.69) is 10.2 Å². The molecule has 0 saturated carbocycles. The zero-order chi connectivity index (χ0) is 22.6. The number of nitrogens with one attached hydrogen (secondary N) is 1. The largest absolute Gasteiger partial charge is 0.325 e. The zero-order valence-corrected chi connectivity index (χ0v) is 19.0. The number of hydrogen-bond acceptors (Lipinski definition) is 4. The summed E-state index contributed by atoms with van der Waals surface area (Å²) in [5, 5.41) is 2.85. The standard InChI is InChI=1S/C23H30FN3O3S/c1-17(23(28)25-21-5-4-6-22(16-21)31(29,30)26(2)3)27-13-11-19(12-14-27)15-18-7-9-20(24)10-8-18/h4-10,16-17,19H,11-15H2,1-3H3,(H,25,28). The van der Waals surface area contributed by atoms with Gasteiger partial charge in [0.15, 0.2) is 0 Å². The number of sulfonamides is 1. The molecule has 1 fully saturated rings. The summed E-state index contributed by atoms with van der Waals surface area (Å²) in [6.45, 7) is 3.50. The van der Waals surface area contributed by atoms with Gasteiger partial charge in [0.1, 0.15) is 5.82 Å². The van der Waals surface area contributed by atoms with Gasteiger partial charge < -0.3 is 5.32 Å². The Hall–Kier alpha value is -2.29. The third-order valence-electron chi connectivity index (χ3n) is 5.89. The van der Waals surface area contributed by atoms with Gasteiger partial charge in [0.2, 0.25) is 15.9 Å². The average Bonchev–Trinajstić information content (AvgIpc) is 2.75. The first-order valence-corrected chi connectivity index (χ1v) is 11.9. The van der Waals surface area contributed by atoms with Crippen molar-refractivity contribution < 1.29 is 17.6 Å². The van der Waals surface area contributed by atoms with Gasteiger partial charge in [-0.15, -0.1) is 0 Å². The van der Waals surface area contributed by atoms with Crippen LogP contribution in [0.1, 0.15) is 25.3 Å². The number of anilines is 1. The molecule has 2 aromatic rings. The number of rotatable bonds is 7. The SMILES string of the molecule is CC(C(=O)Nc1cccc(S(=O)(=O)N(C)C)c1)N1CCC(Cc2ccc(F)cc2)CC1. The number of amides is 1. The van der Waals surface area contributed by atoms with Crippen molar-refractivity contribution in [1.29, 1.82) is 0 Å². The molecule has 0 aliphatic carbocycles. The summed E-state index contributed by atoms with van der Waals surface area (Å²) < 4.78 is 38.9. The third kappa shape index (κ3) is 5.90. The highest BCUT2D eigenvalue weighted by Crippen LogP contribution is 2.24. The molecule has 6 nitrogen and oxygen atoms in total. The molecule has 1 aliphatic heterocycles. The van der Waals surface area contributed by atoms with E-state index in [1.807, 2.05) is 19.1 Å². The molecule has 1 aliphatic rings. The number of halogens is 1. The molecule has 0 spiro atoms. The molecule has 1 heterocycles. The fourth-order valence-corrected chi connectivity index (χ4v) is 4.80. The second-order valence-corrected chi connectivity index (χ2v) is 10.4. The molecular formula is C23H30FN3O3S. The van der Waals surface area contributed by atoms with Gasteiger partial charge in [-0.2, -0.15) is 0 Å². The van der Waals surface area contributed by atoms with Crippen LogP contribution in [0.2, 0.25) is 0 Å². The smallest absolute Gasteiger partial charge is 0.242 e. The molecule has 1 amide bonds. The van der Waals surface area contributed by atoms with E-state index in [9.17, 15) is 17.6 Å². The van der Waals surface area contributed by atoms with Gasteiger partial charge in [0.05, 0.1) is 10.9 Å². The van der Waals surface area contributed by atoms with Crippen LogP contribution in [0, 0.1) is 11.7 Å². The molecule has 8 heteroatoms. The third-order valence-corrected chi connectivity index (χ3v) is 7.71. The predicted molar refractivity (Wildman–Crippen MR) is 120 cm³/mol. The molecule has 0 bridgehead atoms. The summed E-state index contributed by atoms with van der Waals surface area (Å²) in [6, 6.07) is 12.7. The molecule has 1 N–H and O–H groups in total. The lowest BCUT2D eigenvalue weighted by Gasteiger charge is -2.35. The van der Waals surface area contributed by atoms with E-state index in [-0.39, 0.29) is 22.7 Å². The highest BCUT2D eigenvalue weighted by molar-refractivity contribution is 7.89. The van der Waals surface area contributed by atoms with Crippen LogP contribution in [0.15, 0.2) is 53.4 Å². The Morgan fingerprint density at radius 2 is 1.81 bits per heavy atom. The number of carbonyl (C=O) groups excluding carboxylic acids is 1. The van der Waals surface area contributed by atoms with Crippen molar-refractivity contribution in [3.8, 4) is 0 Å². The minimum Gasteiger partial charge on any atom is -0.325 e. The normalized spacial score (nSPS) is 16.9. The number of likely N-dealkylation sites (tertiary alicyclic amines) is 1. The van der Waals surface area contributed by atoms with Crippen molar-refractivity contribution in [2.24, 2.45) is 5.92 Å². The molecule has 0 aromatic heterocycles. The molecule has 0 radical (unpaired) electrons. The van der Waals surface area contributed by atoms with Gasteiger partial charge in [0.25, 0.3) is 0 Å². The molecule has 1 atom stereocenters. The number of nitrogens with zero attached hydrogens (tertiary/aromatic N) is 2. The Balaban J connectivity index is 1.55. The molecule has 31 heavy (non-hydrogen) atoms. The molecule has 3 rings (SSSR count). The highest BCUT2D eigenvalue weighted by Gasteiger charge is 2.27. The van der Waals surface area contributed by atoms with Crippen molar-refractivity contribution in [3.63, 3.8) is 0 Å². The van der Waals surface area contributed by atoms with E-state index in [1.54, 1.807) is 12.1 Å². The van der Waals surface area contributed by atoms with Crippen molar-refractivity contribution in [2.75, 3.05) is 32.5 Å². The maximum Gasteiger partial charge on any atom is 0.242 e. The minimum absolute atomic E-state index is 0.143. The Bertz CT molecular complexity index is 1000. The van der Waals surface area contributed by atoms with Crippen molar-refractivity contribution >= 4 is 21.6 Å². The summed E-state index contributed by atoms with van der Waals surface area (Å²) >= 11 is 0. The lowest BCUT2D eigenvalue weighted by Crippen LogP contribution is -2.46. The van der Waals surface area contributed by atoms with Crippen LogP contribution in [0.5, 0.6) is 0 Å². The van der Waals surface area contributed by atoms with Crippen molar-refractivity contribution in [1.82, 2.24) is 9.21 Å². The fraction of sp³-hybridized carbons (Fsp3) is 0.435. The monoisotopic (exact) mass is 447 g/mol. The van der Waals surface area contributed by atoms with Crippen molar-refractivity contribution in [3.05, 3.63) is 59.9 Å². The van der Waals surface area contributed by atoms with E-state index in [4.69, 9.17) is 0 Å². The Labute approximate surface area is 184 Å². The van der Waals surface area contributed by atoms with Crippen LogP contribution in [0.4, 0.5) is 10.1 Å². The van der Waals surface area contributed by atoms with Crippen LogP contribution in [-0.2, 0) is 21.2 Å². The van der Waals surface area contributed by atoms with Gasteiger partial charge in [-0.25, -0.2) is 17.1 Å². The molecule has 1 saturated heterocycles. The summed E-state index contributed by atoms with van der Waals surface area (Å²) in [4.78, 5) is 15.1. The number of piperidine rings is 1. The van der Waals surface area contributed by atoms with Crippen LogP contribution >= 0.6 is 0 Å². The first-order chi connectivity index (χ1) is 14.7. The van der Waals surface area contributed by atoms with Gasteiger partial charge in [-0.3, -0.25) is 9.69 Å². The predicted octanol–water partition coefficient (Wildman–Crippen LogP) is 3.36. The Morgan fingerprint density at radius 3 is 2.42 bits per heavy atom. The second-order valence-electron chi connectivity index (χ2n) is 8.29. The van der Waals surface area contributed by atoms with Crippen LogP contribution in [0.3, 0.4) is 0 Å². The van der Waals surface area contributed by atoms with E-state index in [1.165, 1.54) is 38.4 Å². The molecule has 2 aromatic carbocycles. The second kappa shape index (κ2) is 9.89. The highest BCUT2D eigenvalue weighted by atomic mass is 32.2. The van der Waals surface area contributed by atoms with E-state index >= 15 is 0 Å². The van der Waals surface area contributed by atoms with E-state index in [0.29, 0.717) is 11.6 Å². The first kappa shape index (κ1) is 23.4. The van der Waals surface area contributed by atoms with Crippen LogP contribution in [-0.4, -0.2) is 56.8 Å². The van der Waals surface area contributed by atoms with Crippen molar-refractivity contribution in [2.45, 2.75) is 37.1 Å². The zero-order valence-electron chi connectivity index (χ0n) is 18.2. The summed E-state index contributed by atoms with van der Waals surface area (Å²) in [5.41, 5.74) is 1.60. The maximum atomic E-state index is 13.1. The average molecular weight is 448 g/mol. The topological polar surface area (TPSA) is 69.7 Å². The van der Waals surface area contributed by atoms with E-state index < -0.39 is 10.0 Å². The summed E-state index contributed by atoms with van der Waals surface area (Å²) in [6.07, 6.45) is 2.87. The number of benzene rings is 2. The number of carbonyl (C=O) groups is 1. The Kier molecular flexibility index (Phi) is 7.46. The van der Waals surface area contributed by atoms with Gasteiger partial charge in [-0.05, 0) is 81.1 Å². The Morgan fingerprint density at radius 1 is 1.16 bits per heavy atom. The molecular weight excluding hydrogens is 417 g/mol. The molecule has 1 unspecified atom stereocenters. The lowest BCUT2D eigenvalue weighted by molar-refractivity contribution is -0.121. The minimum atomic E-state index is -3.56. The summed E-state index contributed by atoms with van der Waals surface area (Å²) in [7, 11) is -0.610. The quantitative estimate of drug-likeness (QED) is 0.707. The van der Waals surface area contributed by atoms with E-state index in [0.717, 1.165) is 42.2 Å². The maximum absolute atomic E-state index is 13.1. The first-order valence-electron chi connectivity index (χ1n) is 10.5.